The van der Waals surface area contributed by atoms with Gasteiger partial charge in [0.1, 0.15) is 12.5 Å². The van der Waals surface area contributed by atoms with E-state index in [2.05, 4.69) is 0 Å². The summed E-state index contributed by atoms with van der Waals surface area (Å²) in [5, 5.41) is 38.8. The van der Waals surface area contributed by atoms with Crippen LogP contribution in [-0.4, -0.2) is 55.9 Å². The SMILES string of the molecule is O=C(O)C[C@H]1C[C@@H](O)N([C@@H]2CCCC[C@H]2O)[C@@H]1O. The van der Waals surface area contributed by atoms with Crippen molar-refractivity contribution >= 4 is 5.97 Å². The van der Waals surface area contributed by atoms with Crippen LogP contribution in [0, 0.1) is 5.92 Å². The minimum Gasteiger partial charge on any atom is -0.481 e. The zero-order valence-corrected chi connectivity index (χ0v) is 10.3. The van der Waals surface area contributed by atoms with E-state index in [1.165, 1.54) is 4.90 Å². The van der Waals surface area contributed by atoms with Crippen LogP contribution < -0.4 is 0 Å². The molecule has 2 rings (SSSR count). The monoisotopic (exact) mass is 259 g/mol. The molecule has 6 nitrogen and oxygen atoms in total. The second-order valence-electron chi connectivity index (χ2n) is 5.35. The fourth-order valence-corrected chi connectivity index (χ4v) is 3.20. The van der Waals surface area contributed by atoms with Gasteiger partial charge in [0.05, 0.1) is 12.5 Å². The topological polar surface area (TPSA) is 101 Å². The highest BCUT2D eigenvalue weighted by Gasteiger charge is 2.45. The molecule has 0 radical (unpaired) electrons. The molecule has 0 amide bonds. The summed E-state index contributed by atoms with van der Waals surface area (Å²) in [4.78, 5) is 12.2. The highest BCUT2D eigenvalue weighted by atomic mass is 16.4. The molecular weight excluding hydrogens is 238 g/mol. The van der Waals surface area contributed by atoms with Crippen molar-refractivity contribution in [3.8, 4) is 0 Å². The molecule has 2 fully saturated rings. The third-order valence-corrected chi connectivity index (χ3v) is 4.10. The number of aliphatic hydroxyl groups is 3. The fourth-order valence-electron chi connectivity index (χ4n) is 3.20. The van der Waals surface area contributed by atoms with E-state index in [0.717, 1.165) is 19.3 Å². The van der Waals surface area contributed by atoms with Crippen molar-refractivity contribution in [2.24, 2.45) is 5.92 Å². The van der Waals surface area contributed by atoms with Crippen LogP contribution in [0.15, 0.2) is 0 Å². The van der Waals surface area contributed by atoms with E-state index in [-0.39, 0.29) is 18.9 Å². The van der Waals surface area contributed by atoms with Gasteiger partial charge in [-0.1, -0.05) is 12.8 Å². The van der Waals surface area contributed by atoms with Crippen molar-refractivity contribution in [1.29, 1.82) is 0 Å². The Morgan fingerprint density at radius 3 is 2.44 bits per heavy atom. The maximum atomic E-state index is 10.7. The van der Waals surface area contributed by atoms with E-state index in [9.17, 15) is 20.1 Å². The quantitative estimate of drug-likeness (QED) is 0.556. The first-order chi connectivity index (χ1) is 8.50. The summed E-state index contributed by atoms with van der Waals surface area (Å²) in [5.41, 5.74) is 0. The Morgan fingerprint density at radius 2 is 1.83 bits per heavy atom. The van der Waals surface area contributed by atoms with Crippen molar-refractivity contribution < 1.29 is 25.2 Å². The lowest BCUT2D eigenvalue weighted by Crippen LogP contribution is -2.51. The number of carboxylic acid groups (broad SMARTS) is 1. The first-order valence-corrected chi connectivity index (χ1v) is 6.54. The van der Waals surface area contributed by atoms with Crippen LogP contribution in [0.1, 0.15) is 38.5 Å². The summed E-state index contributed by atoms with van der Waals surface area (Å²) in [6.45, 7) is 0. The lowest BCUT2D eigenvalue weighted by molar-refractivity contribution is -0.142. The average Bonchev–Trinajstić information content (AvgIpc) is 2.55. The number of aliphatic hydroxyl groups excluding tert-OH is 3. The van der Waals surface area contributed by atoms with Gasteiger partial charge in [0.15, 0.2) is 0 Å². The van der Waals surface area contributed by atoms with Crippen LogP contribution in [0.4, 0.5) is 0 Å². The van der Waals surface area contributed by atoms with Gasteiger partial charge >= 0.3 is 5.97 Å². The van der Waals surface area contributed by atoms with Crippen LogP contribution in [0.3, 0.4) is 0 Å². The summed E-state index contributed by atoms with van der Waals surface area (Å²) in [7, 11) is 0. The molecule has 18 heavy (non-hydrogen) atoms. The van der Waals surface area contributed by atoms with Crippen LogP contribution in [0.25, 0.3) is 0 Å². The van der Waals surface area contributed by atoms with Crippen molar-refractivity contribution in [2.75, 3.05) is 0 Å². The predicted octanol–water partition coefficient (Wildman–Crippen LogP) is -0.277. The van der Waals surface area contributed by atoms with E-state index in [4.69, 9.17) is 5.11 Å². The van der Waals surface area contributed by atoms with Crippen molar-refractivity contribution in [2.45, 2.75) is 63.1 Å². The number of carbonyl (C=O) groups is 1. The lowest BCUT2D eigenvalue weighted by Gasteiger charge is -2.39. The molecule has 2 aliphatic rings. The smallest absolute Gasteiger partial charge is 0.303 e. The summed E-state index contributed by atoms with van der Waals surface area (Å²) in [5.74, 6) is -1.44. The molecule has 0 bridgehead atoms. The van der Waals surface area contributed by atoms with Gasteiger partial charge in [-0.05, 0) is 19.3 Å². The van der Waals surface area contributed by atoms with Gasteiger partial charge in [0, 0.05) is 12.0 Å². The number of likely N-dealkylation sites (tertiary alicyclic amines) is 1. The Labute approximate surface area is 106 Å². The fraction of sp³-hybridized carbons (Fsp3) is 0.917. The van der Waals surface area contributed by atoms with E-state index in [1.807, 2.05) is 0 Å². The largest absolute Gasteiger partial charge is 0.481 e. The van der Waals surface area contributed by atoms with Gasteiger partial charge in [-0.25, -0.2) is 4.90 Å². The van der Waals surface area contributed by atoms with Gasteiger partial charge in [0.2, 0.25) is 0 Å². The molecule has 0 aromatic carbocycles. The molecule has 4 N–H and O–H groups in total. The summed E-state index contributed by atoms with van der Waals surface area (Å²) < 4.78 is 0. The third kappa shape index (κ3) is 2.66. The average molecular weight is 259 g/mol. The summed E-state index contributed by atoms with van der Waals surface area (Å²) >= 11 is 0. The van der Waals surface area contributed by atoms with Crippen LogP contribution in [0.2, 0.25) is 0 Å². The van der Waals surface area contributed by atoms with Gasteiger partial charge in [-0.15, -0.1) is 0 Å². The lowest BCUT2D eigenvalue weighted by atomic mass is 9.91. The Morgan fingerprint density at radius 1 is 1.17 bits per heavy atom. The van der Waals surface area contributed by atoms with Crippen LogP contribution in [-0.2, 0) is 4.79 Å². The Balaban J connectivity index is 2.05. The van der Waals surface area contributed by atoms with Crippen molar-refractivity contribution in [3.05, 3.63) is 0 Å². The molecule has 1 aliphatic heterocycles. The van der Waals surface area contributed by atoms with E-state index >= 15 is 0 Å². The van der Waals surface area contributed by atoms with E-state index in [0.29, 0.717) is 6.42 Å². The van der Waals surface area contributed by atoms with Crippen molar-refractivity contribution in [1.82, 2.24) is 4.90 Å². The zero-order valence-electron chi connectivity index (χ0n) is 10.3. The number of hydrogen-bond donors (Lipinski definition) is 4. The number of carboxylic acids is 1. The first-order valence-electron chi connectivity index (χ1n) is 6.54. The third-order valence-electron chi connectivity index (χ3n) is 4.10. The summed E-state index contributed by atoms with van der Waals surface area (Å²) in [6, 6.07) is -0.262. The number of nitrogens with zero attached hydrogens (tertiary/aromatic N) is 1. The minimum atomic E-state index is -0.978. The molecule has 1 aliphatic carbocycles. The van der Waals surface area contributed by atoms with Crippen LogP contribution in [0.5, 0.6) is 0 Å². The molecule has 0 aromatic heterocycles. The maximum absolute atomic E-state index is 10.7. The van der Waals surface area contributed by atoms with Crippen LogP contribution >= 0.6 is 0 Å². The second kappa shape index (κ2) is 5.52. The maximum Gasteiger partial charge on any atom is 0.303 e. The molecule has 6 heteroatoms. The van der Waals surface area contributed by atoms with Gasteiger partial charge in [-0.2, -0.15) is 0 Å². The highest BCUT2D eigenvalue weighted by molar-refractivity contribution is 5.67. The number of rotatable bonds is 3. The highest BCUT2D eigenvalue weighted by Crippen LogP contribution is 2.35. The molecule has 0 spiro atoms. The Bertz CT molecular complexity index is 311. The molecule has 1 saturated carbocycles. The molecule has 104 valence electrons. The minimum absolute atomic E-state index is 0.155. The second-order valence-corrected chi connectivity index (χ2v) is 5.35. The van der Waals surface area contributed by atoms with E-state index < -0.39 is 30.4 Å². The van der Waals surface area contributed by atoms with Crippen molar-refractivity contribution in [3.63, 3.8) is 0 Å². The van der Waals surface area contributed by atoms with Gasteiger partial charge < -0.3 is 20.4 Å². The molecule has 1 saturated heterocycles. The summed E-state index contributed by atoms with van der Waals surface area (Å²) in [6.07, 6.45) is 1.02. The molecule has 0 aromatic rings. The predicted molar refractivity (Wildman–Crippen MR) is 62.5 cm³/mol. The molecule has 0 unspecified atom stereocenters. The number of hydrogen-bond acceptors (Lipinski definition) is 5. The molecular formula is C12H21NO5. The molecule has 5 atom stereocenters. The normalized spacial score (nSPS) is 42.1. The van der Waals surface area contributed by atoms with E-state index in [1.54, 1.807) is 0 Å². The Kier molecular flexibility index (Phi) is 4.21. The molecule has 1 heterocycles. The standard InChI is InChI=1S/C12H21NO5/c14-9-4-2-1-3-8(9)13-10(15)5-7(12(13)18)6-11(16)17/h7-10,12,14-15,18H,1-6H2,(H,16,17)/t7-,8-,9-,10-,12-/m1/s1. The number of aliphatic carboxylic acids is 1. The van der Waals surface area contributed by atoms with Gasteiger partial charge in [-0.3, -0.25) is 4.79 Å². The Hall–Kier alpha value is -0.690. The van der Waals surface area contributed by atoms with Gasteiger partial charge in [0.25, 0.3) is 0 Å². The zero-order chi connectivity index (χ0) is 13.3. The first kappa shape index (κ1) is 13.7.